The minimum Gasteiger partial charge on any atom is -0.491 e. The Bertz CT molecular complexity index is 618. The summed E-state index contributed by atoms with van der Waals surface area (Å²) in [7, 11) is 0. The van der Waals surface area contributed by atoms with Gasteiger partial charge in [0.05, 0.1) is 12.8 Å². The lowest BCUT2D eigenvalue weighted by molar-refractivity contribution is 0.130. The number of hydrogen-bond acceptors (Lipinski definition) is 3. The Balaban J connectivity index is 1.46. The van der Waals surface area contributed by atoms with Gasteiger partial charge in [-0.1, -0.05) is 30.3 Å². The molecule has 108 valence electrons. The molecule has 2 aromatic rings. The van der Waals surface area contributed by atoms with Crippen LogP contribution in [0.3, 0.4) is 0 Å². The van der Waals surface area contributed by atoms with Gasteiger partial charge in [-0.05, 0) is 37.6 Å². The minimum atomic E-state index is 0.228. The normalized spacial score (nSPS) is 20.2. The quantitative estimate of drug-likeness (QED) is 0.845. The van der Waals surface area contributed by atoms with Crippen molar-refractivity contribution in [2.24, 2.45) is 0 Å². The highest BCUT2D eigenvalue weighted by Crippen LogP contribution is 2.44. The van der Waals surface area contributed by atoms with Crippen LogP contribution in [0.15, 0.2) is 48.8 Å². The Labute approximate surface area is 125 Å². The van der Waals surface area contributed by atoms with E-state index >= 15 is 0 Å². The summed E-state index contributed by atoms with van der Waals surface area (Å²) in [5.41, 5.74) is 3.00. The molecule has 0 aliphatic carbocycles. The van der Waals surface area contributed by atoms with E-state index in [1.54, 1.807) is 0 Å². The van der Waals surface area contributed by atoms with Crippen molar-refractivity contribution in [3.8, 4) is 5.75 Å². The molecule has 3 heterocycles. The van der Waals surface area contributed by atoms with E-state index in [-0.39, 0.29) is 5.41 Å². The highest BCUT2D eigenvalue weighted by molar-refractivity contribution is 5.41. The molecule has 2 aliphatic heterocycles. The summed E-state index contributed by atoms with van der Waals surface area (Å²) >= 11 is 0. The van der Waals surface area contributed by atoms with Crippen LogP contribution >= 0.6 is 0 Å². The second-order valence-electron chi connectivity index (χ2n) is 6.20. The summed E-state index contributed by atoms with van der Waals surface area (Å²) in [5, 5.41) is 0. The van der Waals surface area contributed by atoms with Crippen LogP contribution in [0.25, 0.3) is 0 Å². The van der Waals surface area contributed by atoms with Crippen LogP contribution < -0.4 is 4.74 Å². The van der Waals surface area contributed by atoms with Crippen LogP contribution in [0.4, 0.5) is 0 Å². The summed E-state index contributed by atoms with van der Waals surface area (Å²) in [6.07, 6.45) is 6.11. The lowest BCUT2D eigenvalue weighted by Crippen LogP contribution is -2.43. The van der Waals surface area contributed by atoms with Gasteiger partial charge in [-0.25, -0.2) is 0 Å². The molecule has 0 saturated carbocycles. The van der Waals surface area contributed by atoms with Crippen molar-refractivity contribution < 1.29 is 4.74 Å². The first-order valence-corrected chi connectivity index (χ1v) is 7.69. The summed E-state index contributed by atoms with van der Waals surface area (Å²) in [6.45, 7) is 4.16. The van der Waals surface area contributed by atoms with Gasteiger partial charge in [0.1, 0.15) is 5.75 Å². The van der Waals surface area contributed by atoms with E-state index in [0.29, 0.717) is 0 Å². The first-order chi connectivity index (χ1) is 10.4. The molecule has 3 nitrogen and oxygen atoms in total. The smallest absolute Gasteiger partial charge is 0.141 e. The van der Waals surface area contributed by atoms with Gasteiger partial charge in [0.25, 0.3) is 0 Å². The van der Waals surface area contributed by atoms with Gasteiger partial charge in [0.15, 0.2) is 0 Å². The molecule has 1 aromatic carbocycles. The van der Waals surface area contributed by atoms with Gasteiger partial charge in [0, 0.05) is 23.7 Å². The fraction of sp³-hybridized carbons (Fsp3) is 0.389. The molecule has 0 N–H and O–H groups in total. The Morgan fingerprint density at radius 1 is 1.10 bits per heavy atom. The first-order valence-electron chi connectivity index (χ1n) is 7.69. The van der Waals surface area contributed by atoms with Crippen molar-refractivity contribution in [1.82, 2.24) is 9.88 Å². The summed E-state index contributed by atoms with van der Waals surface area (Å²) < 4.78 is 5.86. The zero-order chi connectivity index (χ0) is 14.1. The molecule has 1 spiro atoms. The van der Waals surface area contributed by atoms with Gasteiger partial charge in [0.2, 0.25) is 0 Å². The highest BCUT2D eigenvalue weighted by Gasteiger charge is 2.42. The molecule has 0 amide bonds. The number of aromatic nitrogens is 1. The second-order valence-corrected chi connectivity index (χ2v) is 6.20. The van der Waals surface area contributed by atoms with Crippen LogP contribution in [-0.4, -0.2) is 29.6 Å². The van der Waals surface area contributed by atoms with Gasteiger partial charge in [-0.15, -0.1) is 0 Å². The van der Waals surface area contributed by atoms with Gasteiger partial charge in [-0.2, -0.15) is 0 Å². The SMILES string of the molecule is c1ccc(CN2CCC3(CC2)COc2cnccc23)cc1. The van der Waals surface area contributed by atoms with E-state index in [0.717, 1.165) is 32.0 Å². The van der Waals surface area contributed by atoms with Gasteiger partial charge in [-0.3, -0.25) is 9.88 Å². The fourth-order valence-electron chi connectivity index (χ4n) is 3.62. The second kappa shape index (κ2) is 5.15. The number of hydrogen-bond donors (Lipinski definition) is 0. The highest BCUT2D eigenvalue weighted by atomic mass is 16.5. The number of benzene rings is 1. The molecule has 0 atom stereocenters. The number of likely N-dealkylation sites (tertiary alicyclic amines) is 1. The summed E-state index contributed by atoms with van der Waals surface area (Å²) in [5.74, 6) is 0.994. The molecule has 3 heteroatoms. The maximum atomic E-state index is 5.86. The van der Waals surface area contributed by atoms with E-state index in [1.807, 2.05) is 12.4 Å². The Hall–Kier alpha value is -1.87. The van der Waals surface area contributed by atoms with E-state index in [4.69, 9.17) is 4.74 Å². The summed E-state index contributed by atoms with van der Waals surface area (Å²) in [4.78, 5) is 6.73. The van der Waals surface area contributed by atoms with E-state index in [9.17, 15) is 0 Å². The van der Waals surface area contributed by atoms with Crippen molar-refractivity contribution >= 4 is 0 Å². The monoisotopic (exact) mass is 280 g/mol. The molecule has 2 aliphatic rings. The summed E-state index contributed by atoms with van der Waals surface area (Å²) in [6, 6.07) is 12.9. The standard InChI is InChI=1S/C18H20N2O/c1-2-4-15(5-3-1)13-20-10-7-18(8-11-20)14-21-17-12-19-9-6-16(17)18/h1-6,9,12H,7-8,10-11,13-14H2. The molecular weight excluding hydrogens is 260 g/mol. The Morgan fingerprint density at radius 3 is 2.71 bits per heavy atom. The van der Waals surface area contributed by atoms with Gasteiger partial charge >= 0.3 is 0 Å². The molecule has 1 saturated heterocycles. The van der Waals surface area contributed by atoms with Crippen LogP contribution in [-0.2, 0) is 12.0 Å². The zero-order valence-corrected chi connectivity index (χ0v) is 12.2. The van der Waals surface area contributed by atoms with Crippen LogP contribution in [0.2, 0.25) is 0 Å². The van der Waals surface area contributed by atoms with E-state index < -0.39 is 0 Å². The molecule has 21 heavy (non-hydrogen) atoms. The zero-order valence-electron chi connectivity index (χ0n) is 12.2. The van der Waals surface area contributed by atoms with Crippen LogP contribution in [0, 0.1) is 0 Å². The molecule has 4 rings (SSSR count). The maximum absolute atomic E-state index is 5.86. The molecule has 0 unspecified atom stereocenters. The van der Waals surface area contributed by atoms with Crippen molar-refractivity contribution in [2.75, 3.05) is 19.7 Å². The number of fused-ring (bicyclic) bond motifs is 2. The largest absolute Gasteiger partial charge is 0.491 e. The fourth-order valence-corrected chi connectivity index (χ4v) is 3.62. The van der Waals surface area contributed by atoms with Crippen molar-refractivity contribution in [2.45, 2.75) is 24.8 Å². The lowest BCUT2D eigenvalue weighted by Gasteiger charge is -2.38. The Kier molecular flexibility index (Phi) is 3.15. The first kappa shape index (κ1) is 12.8. The van der Waals surface area contributed by atoms with Crippen molar-refractivity contribution in [3.63, 3.8) is 0 Å². The number of piperidine rings is 1. The average molecular weight is 280 g/mol. The number of rotatable bonds is 2. The predicted molar refractivity (Wildman–Crippen MR) is 82.4 cm³/mol. The predicted octanol–water partition coefficient (Wildman–Crippen LogP) is 3.01. The van der Waals surface area contributed by atoms with Gasteiger partial charge < -0.3 is 4.74 Å². The minimum absolute atomic E-state index is 0.228. The Morgan fingerprint density at radius 2 is 1.90 bits per heavy atom. The molecule has 1 fully saturated rings. The van der Waals surface area contributed by atoms with Crippen LogP contribution in [0.1, 0.15) is 24.0 Å². The number of ether oxygens (including phenoxy) is 1. The third kappa shape index (κ3) is 2.32. The van der Waals surface area contributed by atoms with Crippen LogP contribution in [0.5, 0.6) is 5.75 Å². The number of nitrogens with zero attached hydrogens (tertiary/aromatic N) is 2. The third-order valence-corrected chi connectivity index (χ3v) is 4.92. The third-order valence-electron chi connectivity index (χ3n) is 4.92. The molecule has 1 aromatic heterocycles. The lowest BCUT2D eigenvalue weighted by atomic mass is 9.74. The van der Waals surface area contributed by atoms with Crippen molar-refractivity contribution in [1.29, 1.82) is 0 Å². The van der Waals surface area contributed by atoms with E-state index in [1.165, 1.54) is 24.0 Å². The average Bonchev–Trinajstić information content (AvgIpc) is 2.90. The number of pyridine rings is 1. The van der Waals surface area contributed by atoms with Crippen molar-refractivity contribution in [3.05, 3.63) is 59.9 Å². The molecular formula is C18H20N2O. The topological polar surface area (TPSA) is 25.4 Å². The maximum Gasteiger partial charge on any atom is 0.141 e. The van der Waals surface area contributed by atoms with E-state index in [2.05, 4.69) is 46.3 Å². The molecule has 0 bridgehead atoms. The molecule has 0 radical (unpaired) electrons.